The fraction of sp³-hybridized carbons (Fsp3) is 0.741. The van der Waals surface area contributed by atoms with Crippen LogP contribution in [0.15, 0.2) is 24.3 Å². The van der Waals surface area contributed by atoms with Crippen molar-refractivity contribution >= 4 is 5.78 Å². The summed E-state index contributed by atoms with van der Waals surface area (Å²) in [4.78, 5) is 13.1. The van der Waals surface area contributed by atoms with Crippen LogP contribution in [-0.2, 0) is 20.9 Å². The van der Waals surface area contributed by atoms with E-state index in [-0.39, 0.29) is 23.9 Å². The number of ketones is 1. The van der Waals surface area contributed by atoms with Gasteiger partial charge in [-0.15, -0.1) is 0 Å². The zero-order valence-corrected chi connectivity index (χ0v) is 19.1. The summed E-state index contributed by atoms with van der Waals surface area (Å²) >= 11 is 0. The number of aliphatic hydroxyl groups is 2. The van der Waals surface area contributed by atoms with Crippen molar-refractivity contribution < 1.29 is 24.5 Å². The molecule has 1 aromatic rings. The van der Waals surface area contributed by atoms with Crippen LogP contribution in [0.1, 0.15) is 75.3 Å². The Morgan fingerprint density at radius 2 is 1.78 bits per heavy atom. The van der Waals surface area contributed by atoms with Crippen molar-refractivity contribution in [2.24, 2.45) is 29.1 Å². The number of hydrogen-bond acceptors (Lipinski definition) is 5. The zero-order valence-electron chi connectivity index (χ0n) is 19.1. The number of aliphatic hydroxyl groups excluding tert-OH is 1. The topological polar surface area (TPSA) is 76.0 Å². The molecule has 0 aromatic heterocycles. The Morgan fingerprint density at radius 1 is 1.03 bits per heavy atom. The van der Waals surface area contributed by atoms with E-state index in [4.69, 9.17) is 9.47 Å². The van der Waals surface area contributed by atoms with E-state index in [0.29, 0.717) is 49.6 Å². The van der Waals surface area contributed by atoms with E-state index in [1.165, 1.54) is 5.56 Å². The first kappa shape index (κ1) is 21.3. The highest BCUT2D eigenvalue weighted by Gasteiger charge is 2.64. The number of Topliss-reactive ketones (excluding diaryl/α,β-unsaturated/α-hetero) is 1. The molecule has 0 radical (unpaired) electrons. The molecule has 5 aliphatic rings. The smallest absolute Gasteiger partial charge is 0.171 e. The van der Waals surface area contributed by atoms with Gasteiger partial charge in [0.15, 0.2) is 5.79 Å². The number of rotatable bonds is 2. The fourth-order valence-corrected chi connectivity index (χ4v) is 8.71. The number of benzene rings is 1. The molecule has 7 atom stereocenters. The van der Waals surface area contributed by atoms with Crippen molar-refractivity contribution in [3.63, 3.8) is 0 Å². The van der Waals surface area contributed by atoms with Crippen LogP contribution in [0.5, 0.6) is 0 Å². The molecular formula is C27H36O5. The highest BCUT2D eigenvalue weighted by Crippen LogP contribution is 2.66. The zero-order chi connectivity index (χ0) is 22.1. The highest BCUT2D eigenvalue weighted by molar-refractivity contribution is 5.87. The molecular weight excluding hydrogens is 404 g/mol. The minimum atomic E-state index is -0.761. The normalized spacial score (nSPS) is 44.8. The summed E-state index contributed by atoms with van der Waals surface area (Å²) in [6, 6.07) is 8.33. The van der Waals surface area contributed by atoms with Gasteiger partial charge < -0.3 is 19.7 Å². The van der Waals surface area contributed by atoms with Crippen molar-refractivity contribution in [1.82, 2.24) is 0 Å². The summed E-state index contributed by atoms with van der Waals surface area (Å²) in [6.07, 6.45) is 6.69. The molecule has 4 saturated carbocycles. The molecule has 0 bridgehead atoms. The third-order valence-electron chi connectivity index (χ3n) is 10.1. The molecule has 5 heteroatoms. The first-order chi connectivity index (χ1) is 15.4. The number of fused-ring (bicyclic) bond motifs is 5. The standard InChI is InChI=1S/C27H36O5/c1-25-14-20(18-4-2-17(15-28)3-5-18)24-19(21(25)6-7-23(25)29)8-10-26(30)16-27(11-9-22(24)26)31-12-13-32-27/h2-5,19-22,24,28,30H,6-16H2,1H3. The van der Waals surface area contributed by atoms with E-state index >= 15 is 0 Å². The first-order valence-corrected chi connectivity index (χ1v) is 12.6. The van der Waals surface area contributed by atoms with Crippen LogP contribution in [-0.4, -0.2) is 40.6 Å². The Balaban J connectivity index is 1.39. The van der Waals surface area contributed by atoms with Crippen LogP contribution >= 0.6 is 0 Å². The summed E-state index contributed by atoms with van der Waals surface area (Å²) in [5, 5.41) is 21.5. The predicted molar refractivity (Wildman–Crippen MR) is 119 cm³/mol. The Labute approximate surface area is 190 Å². The van der Waals surface area contributed by atoms with Crippen LogP contribution in [0.2, 0.25) is 0 Å². The monoisotopic (exact) mass is 440 g/mol. The lowest BCUT2D eigenvalue weighted by molar-refractivity contribution is -0.257. The molecule has 1 aromatic carbocycles. The van der Waals surface area contributed by atoms with Crippen molar-refractivity contribution in [3.8, 4) is 0 Å². The van der Waals surface area contributed by atoms with E-state index in [0.717, 1.165) is 44.1 Å². The third-order valence-corrected chi connectivity index (χ3v) is 10.1. The van der Waals surface area contributed by atoms with Gasteiger partial charge in [-0.3, -0.25) is 4.79 Å². The van der Waals surface area contributed by atoms with Gasteiger partial charge in [-0.1, -0.05) is 31.2 Å². The summed E-state index contributed by atoms with van der Waals surface area (Å²) in [7, 11) is 0. The molecule has 1 spiro atoms. The lowest BCUT2D eigenvalue weighted by Crippen LogP contribution is -2.61. The van der Waals surface area contributed by atoms with E-state index in [9.17, 15) is 15.0 Å². The second kappa shape index (κ2) is 7.36. The third kappa shape index (κ3) is 3.01. The van der Waals surface area contributed by atoms with Gasteiger partial charge in [-0.25, -0.2) is 0 Å². The number of hydrogen-bond donors (Lipinski definition) is 2. The maximum Gasteiger partial charge on any atom is 0.171 e. The van der Waals surface area contributed by atoms with E-state index < -0.39 is 11.4 Å². The summed E-state index contributed by atoms with van der Waals surface area (Å²) in [5.74, 6) is 1.60. The summed E-state index contributed by atoms with van der Waals surface area (Å²) in [5.41, 5.74) is 1.17. The van der Waals surface area contributed by atoms with Crippen molar-refractivity contribution in [2.45, 2.75) is 82.2 Å². The molecule has 2 N–H and O–H groups in total. The number of ether oxygens (including phenoxy) is 2. The molecule has 1 aliphatic heterocycles. The molecule has 7 unspecified atom stereocenters. The first-order valence-electron chi connectivity index (χ1n) is 12.6. The molecule has 5 fully saturated rings. The molecule has 0 amide bonds. The SMILES string of the molecule is CC12CC(c3ccc(CO)cc3)C3C(CCC4(O)CC5(CCC34)OCCO5)C1CCC2=O. The van der Waals surface area contributed by atoms with E-state index in [1.807, 2.05) is 12.1 Å². The lowest BCUT2D eigenvalue weighted by Gasteiger charge is -2.61. The molecule has 32 heavy (non-hydrogen) atoms. The highest BCUT2D eigenvalue weighted by atomic mass is 16.7. The Kier molecular flexibility index (Phi) is 4.90. The van der Waals surface area contributed by atoms with Crippen molar-refractivity contribution in [3.05, 3.63) is 35.4 Å². The molecule has 4 aliphatic carbocycles. The van der Waals surface area contributed by atoms with Gasteiger partial charge in [0.05, 0.1) is 25.4 Å². The van der Waals surface area contributed by atoms with Crippen molar-refractivity contribution in [1.29, 1.82) is 0 Å². The molecule has 6 rings (SSSR count). The maximum atomic E-state index is 13.1. The van der Waals surface area contributed by atoms with Crippen LogP contribution in [0, 0.1) is 29.1 Å². The van der Waals surface area contributed by atoms with Crippen LogP contribution < -0.4 is 0 Å². The average molecular weight is 441 g/mol. The molecule has 5 nitrogen and oxygen atoms in total. The summed E-state index contributed by atoms with van der Waals surface area (Å²) < 4.78 is 12.0. The van der Waals surface area contributed by atoms with Crippen LogP contribution in [0.3, 0.4) is 0 Å². The number of carbonyl (C=O) groups excluding carboxylic acids is 1. The summed E-state index contributed by atoms with van der Waals surface area (Å²) in [6.45, 7) is 3.50. The second-order valence-corrected chi connectivity index (χ2v) is 11.5. The van der Waals surface area contributed by atoms with E-state index in [2.05, 4.69) is 19.1 Å². The predicted octanol–water partition coefficient (Wildman–Crippen LogP) is 3.95. The Morgan fingerprint density at radius 3 is 2.50 bits per heavy atom. The average Bonchev–Trinajstić information content (AvgIpc) is 3.36. The minimum Gasteiger partial charge on any atom is -0.392 e. The quantitative estimate of drug-likeness (QED) is 0.728. The largest absolute Gasteiger partial charge is 0.392 e. The Hall–Kier alpha value is -1.27. The fourth-order valence-electron chi connectivity index (χ4n) is 8.71. The molecule has 1 heterocycles. The maximum absolute atomic E-state index is 13.1. The van der Waals surface area contributed by atoms with Gasteiger partial charge in [0.2, 0.25) is 0 Å². The molecule has 174 valence electrons. The lowest BCUT2D eigenvalue weighted by atomic mass is 9.45. The van der Waals surface area contributed by atoms with Crippen LogP contribution in [0.4, 0.5) is 0 Å². The van der Waals surface area contributed by atoms with E-state index in [1.54, 1.807) is 0 Å². The van der Waals surface area contributed by atoms with Crippen LogP contribution in [0.25, 0.3) is 0 Å². The minimum absolute atomic E-state index is 0.0414. The van der Waals surface area contributed by atoms with Gasteiger partial charge >= 0.3 is 0 Å². The van der Waals surface area contributed by atoms with Gasteiger partial charge in [0, 0.05) is 24.7 Å². The van der Waals surface area contributed by atoms with Gasteiger partial charge in [-0.05, 0) is 72.8 Å². The van der Waals surface area contributed by atoms with Gasteiger partial charge in [-0.2, -0.15) is 0 Å². The Bertz CT molecular complexity index is 890. The molecule has 1 saturated heterocycles. The number of carbonyl (C=O) groups is 1. The van der Waals surface area contributed by atoms with Crippen molar-refractivity contribution in [2.75, 3.05) is 13.2 Å². The second-order valence-electron chi connectivity index (χ2n) is 11.5. The van der Waals surface area contributed by atoms with Gasteiger partial charge in [0.25, 0.3) is 0 Å². The van der Waals surface area contributed by atoms with Gasteiger partial charge in [0.1, 0.15) is 5.78 Å².